The van der Waals surface area contributed by atoms with Crippen LogP contribution in [-0.4, -0.2) is 33.0 Å². The first-order valence-electron chi connectivity index (χ1n) is 7.33. The third kappa shape index (κ3) is 3.64. The molecular weight excluding hydrogens is 254 g/mol. The summed E-state index contributed by atoms with van der Waals surface area (Å²) >= 11 is 0. The maximum Gasteiger partial charge on any atom is 0.165 e. The topological polar surface area (TPSA) is 39.7 Å². The number of rotatable bonds is 7. The highest BCUT2D eigenvalue weighted by molar-refractivity contribution is 5.46. The van der Waals surface area contributed by atoms with Gasteiger partial charge in [-0.15, -0.1) is 0 Å². The van der Waals surface area contributed by atoms with E-state index in [1.54, 1.807) is 14.2 Å². The zero-order chi connectivity index (χ0) is 14.4. The van der Waals surface area contributed by atoms with E-state index in [0.717, 1.165) is 36.4 Å². The molecule has 20 heavy (non-hydrogen) atoms. The number of para-hydroxylation sites is 1. The van der Waals surface area contributed by atoms with Crippen molar-refractivity contribution < 1.29 is 14.2 Å². The van der Waals surface area contributed by atoms with Gasteiger partial charge in [-0.25, -0.2) is 0 Å². The Morgan fingerprint density at radius 3 is 2.75 bits per heavy atom. The van der Waals surface area contributed by atoms with E-state index in [1.165, 1.54) is 6.42 Å². The highest BCUT2D eigenvalue weighted by atomic mass is 16.5. The van der Waals surface area contributed by atoms with Crippen LogP contribution in [0.4, 0.5) is 0 Å². The molecule has 0 spiro atoms. The zero-order valence-electron chi connectivity index (χ0n) is 12.6. The molecule has 0 radical (unpaired) electrons. The molecule has 0 bridgehead atoms. The number of benzene rings is 1. The van der Waals surface area contributed by atoms with E-state index >= 15 is 0 Å². The zero-order valence-corrected chi connectivity index (χ0v) is 12.6. The Hall–Kier alpha value is -1.26. The van der Waals surface area contributed by atoms with Gasteiger partial charge in [0.2, 0.25) is 0 Å². The summed E-state index contributed by atoms with van der Waals surface area (Å²) in [7, 11) is 3.49. The van der Waals surface area contributed by atoms with Gasteiger partial charge < -0.3 is 19.5 Å². The molecule has 1 N–H and O–H groups in total. The SMILES string of the molecule is CCOc1cccc(CNC2CCC(OC)C2)c1OC. The van der Waals surface area contributed by atoms with Gasteiger partial charge in [-0.05, 0) is 32.3 Å². The van der Waals surface area contributed by atoms with Crippen LogP contribution in [-0.2, 0) is 11.3 Å². The summed E-state index contributed by atoms with van der Waals surface area (Å²) in [6.45, 7) is 3.42. The standard InChI is InChI=1S/C16H25NO3/c1-4-20-15-7-5-6-12(16(15)19-3)11-17-13-8-9-14(10-13)18-2/h5-7,13-14,17H,4,8-11H2,1-3H3. The number of hydrogen-bond donors (Lipinski definition) is 1. The molecule has 0 heterocycles. The summed E-state index contributed by atoms with van der Waals surface area (Å²) in [4.78, 5) is 0. The second-order valence-electron chi connectivity index (χ2n) is 5.13. The lowest BCUT2D eigenvalue weighted by atomic mass is 10.1. The van der Waals surface area contributed by atoms with Crippen LogP contribution in [0.5, 0.6) is 11.5 Å². The van der Waals surface area contributed by atoms with Crippen LogP contribution in [0.15, 0.2) is 18.2 Å². The Labute approximate surface area is 121 Å². The Kier molecular flexibility index (Phi) is 5.68. The number of hydrogen-bond acceptors (Lipinski definition) is 4. The van der Waals surface area contributed by atoms with E-state index in [0.29, 0.717) is 18.8 Å². The monoisotopic (exact) mass is 279 g/mol. The van der Waals surface area contributed by atoms with Crippen molar-refractivity contribution >= 4 is 0 Å². The van der Waals surface area contributed by atoms with Crippen molar-refractivity contribution in [2.24, 2.45) is 0 Å². The molecule has 2 atom stereocenters. The Morgan fingerprint density at radius 1 is 1.25 bits per heavy atom. The van der Waals surface area contributed by atoms with Gasteiger partial charge in [0.05, 0.1) is 19.8 Å². The first kappa shape index (κ1) is 15.1. The minimum atomic E-state index is 0.407. The van der Waals surface area contributed by atoms with Crippen molar-refractivity contribution in [3.63, 3.8) is 0 Å². The minimum Gasteiger partial charge on any atom is -0.493 e. The summed E-state index contributed by atoms with van der Waals surface area (Å²) < 4.78 is 16.5. The highest BCUT2D eigenvalue weighted by Crippen LogP contribution is 2.31. The van der Waals surface area contributed by atoms with Gasteiger partial charge in [0.15, 0.2) is 11.5 Å². The molecule has 112 valence electrons. The molecule has 1 fully saturated rings. The van der Waals surface area contributed by atoms with Crippen LogP contribution >= 0.6 is 0 Å². The van der Waals surface area contributed by atoms with Crippen LogP contribution in [0.3, 0.4) is 0 Å². The number of methoxy groups -OCH3 is 2. The second kappa shape index (κ2) is 7.50. The van der Waals surface area contributed by atoms with E-state index in [4.69, 9.17) is 14.2 Å². The molecule has 2 unspecified atom stereocenters. The lowest BCUT2D eigenvalue weighted by molar-refractivity contribution is 0.107. The lowest BCUT2D eigenvalue weighted by Crippen LogP contribution is -2.26. The lowest BCUT2D eigenvalue weighted by Gasteiger charge is -2.17. The van der Waals surface area contributed by atoms with Gasteiger partial charge in [-0.3, -0.25) is 0 Å². The Morgan fingerprint density at radius 2 is 2.10 bits per heavy atom. The average Bonchev–Trinajstić information content (AvgIpc) is 2.93. The summed E-state index contributed by atoms with van der Waals surface area (Å²) in [5.41, 5.74) is 1.14. The molecule has 0 aromatic heterocycles. The van der Waals surface area contributed by atoms with Gasteiger partial charge in [0.25, 0.3) is 0 Å². The molecule has 4 heteroatoms. The van der Waals surface area contributed by atoms with Crippen molar-refractivity contribution in [3.05, 3.63) is 23.8 Å². The quantitative estimate of drug-likeness (QED) is 0.833. The van der Waals surface area contributed by atoms with Crippen molar-refractivity contribution in [2.75, 3.05) is 20.8 Å². The molecule has 1 aromatic rings. The van der Waals surface area contributed by atoms with Crippen molar-refractivity contribution in [3.8, 4) is 11.5 Å². The fourth-order valence-corrected chi connectivity index (χ4v) is 2.80. The minimum absolute atomic E-state index is 0.407. The predicted octanol–water partition coefficient (Wildman–Crippen LogP) is 2.75. The van der Waals surface area contributed by atoms with Crippen LogP contribution in [0, 0.1) is 0 Å². The maximum absolute atomic E-state index is 5.60. The Balaban J connectivity index is 1.97. The van der Waals surface area contributed by atoms with Crippen LogP contribution in [0.25, 0.3) is 0 Å². The molecular formula is C16H25NO3. The molecule has 1 aliphatic rings. The fraction of sp³-hybridized carbons (Fsp3) is 0.625. The summed E-state index contributed by atoms with van der Waals surface area (Å²) in [6.07, 6.45) is 3.81. The first-order valence-corrected chi connectivity index (χ1v) is 7.33. The normalized spacial score (nSPS) is 21.9. The van der Waals surface area contributed by atoms with Crippen LogP contribution in [0.2, 0.25) is 0 Å². The van der Waals surface area contributed by atoms with Crippen molar-refractivity contribution in [1.82, 2.24) is 5.32 Å². The molecule has 2 rings (SSSR count). The molecule has 0 saturated heterocycles. The number of ether oxygens (including phenoxy) is 3. The van der Waals surface area contributed by atoms with E-state index < -0.39 is 0 Å². The van der Waals surface area contributed by atoms with Crippen molar-refractivity contribution in [1.29, 1.82) is 0 Å². The van der Waals surface area contributed by atoms with E-state index in [1.807, 2.05) is 19.1 Å². The predicted molar refractivity (Wildman–Crippen MR) is 79.4 cm³/mol. The largest absolute Gasteiger partial charge is 0.493 e. The Bertz CT molecular complexity index is 422. The van der Waals surface area contributed by atoms with Gasteiger partial charge in [-0.1, -0.05) is 12.1 Å². The van der Waals surface area contributed by atoms with Gasteiger partial charge in [0, 0.05) is 25.3 Å². The van der Waals surface area contributed by atoms with Crippen LogP contribution in [0.1, 0.15) is 31.7 Å². The molecule has 0 amide bonds. The molecule has 1 aromatic carbocycles. The van der Waals surface area contributed by atoms with E-state index in [9.17, 15) is 0 Å². The summed E-state index contributed by atoms with van der Waals surface area (Å²) in [5.74, 6) is 1.65. The van der Waals surface area contributed by atoms with Gasteiger partial charge in [0.1, 0.15) is 0 Å². The average molecular weight is 279 g/mol. The summed E-state index contributed by atoms with van der Waals surface area (Å²) in [5, 5.41) is 3.59. The highest BCUT2D eigenvalue weighted by Gasteiger charge is 2.24. The van der Waals surface area contributed by atoms with E-state index in [-0.39, 0.29) is 0 Å². The maximum atomic E-state index is 5.60. The third-order valence-corrected chi connectivity index (χ3v) is 3.86. The second-order valence-corrected chi connectivity index (χ2v) is 5.13. The van der Waals surface area contributed by atoms with Gasteiger partial charge >= 0.3 is 0 Å². The third-order valence-electron chi connectivity index (χ3n) is 3.86. The molecule has 4 nitrogen and oxygen atoms in total. The van der Waals surface area contributed by atoms with E-state index in [2.05, 4.69) is 11.4 Å². The van der Waals surface area contributed by atoms with Crippen LogP contribution < -0.4 is 14.8 Å². The van der Waals surface area contributed by atoms with Crippen molar-refractivity contribution in [2.45, 2.75) is 44.9 Å². The number of nitrogens with one attached hydrogen (secondary N) is 1. The van der Waals surface area contributed by atoms with Gasteiger partial charge in [-0.2, -0.15) is 0 Å². The smallest absolute Gasteiger partial charge is 0.165 e. The molecule has 1 aliphatic carbocycles. The summed E-state index contributed by atoms with van der Waals surface area (Å²) in [6, 6.07) is 6.57. The first-order chi connectivity index (χ1) is 9.78. The fourth-order valence-electron chi connectivity index (χ4n) is 2.80. The molecule has 0 aliphatic heterocycles. The molecule has 1 saturated carbocycles.